The molecule has 1 saturated carbocycles. The van der Waals surface area contributed by atoms with Crippen molar-refractivity contribution in [3.8, 4) is 0 Å². The van der Waals surface area contributed by atoms with Gasteiger partial charge >= 0.3 is 0 Å². The molecule has 2 atom stereocenters. The molecular formula is C14H16N4O2. The normalized spacial score (nSPS) is 22.1. The molecule has 6 heteroatoms. The van der Waals surface area contributed by atoms with Gasteiger partial charge in [0.05, 0.1) is 10.4 Å². The SMILES string of the molecule is CC1CCC(Nc2ncnc3ccc([N+](=O)[O-])cc23)C1. The molecule has 1 N–H and O–H groups in total. The van der Waals surface area contributed by atoms with Crippen LogP contribution in [0.1, 0.15) is 26.2 Å². The van der Waals surface area contributed by atoms with E-state index in [4.69, 9.17) is 0 Å². The van der Waals surface area contributed by atoms with E-state index in [1.54, 1.807) is 6.07 Å². The molecule has 104 valence electrons. The third kappa shape index (κ3) is 2.41. The number of hydrogen-bond donors (Lipinski definition) is 1. The number of hydrogen-bond acceptors (Lipinski definition) is 5. The highest BCUT2D eigenvalue weighted by atomic mass is 16.6. The Bertz CT molecular complexity index is 659. The van der Waals surface area contributed by atoms with Gasteiger partial charge in [-0.1, -0.05) is 6.92 Å². The summed E-state index contributed by atoms with van der Waals surface area (Å²) in [5.41, 5.74) is 0.786. The maximum atomic E-state index is 10.9. The molecule has 1 aliphatic rings. The predicted molar refractivity (Wildman–Crippen MR) is 76.6 cm³/mol. The van der Waals surface area contributed by atoms with Crippen molar-refractivity contribution in [2.45, 2.75) is 32.2 Å². The minimum atomic E-state index is -0.395. The van der Waals surface area contributed by atoms with Crippen molar-refractivity contribution in [1.82, 2.24) is 9.97 Å². The van der Waals surface area contributed by atoms with E-state index in [1.807, 2.05) is 0 Å². The van der Waals surface area contributed by atoms with Crippen molar-refractivity contribution in [3.63, 3.8) is 0 Å². The zero-order valence-corrected chi connectivity index (χ0v) is 11.2. The van der Waals surface area contributed by atoms with Gasteiger partial charge in [-0.05, 0) is 31.2 Å². The van der Waals surface area contributed by atoms with Crippen LogP contribution in [0.15, 0.2) is 24.5 Å². The van der Waals surface area contributed by atoms with Gasteiger partial charge in [-0.3, -0.25) is 10.1 Å². The van der Waals surface area contributed by atoms with Crippen LogP contribution in [0.4, 0.5) is 11.5 Å². The molecule has 2 unspecified atom stereocenters. The Morgan fingerprint density at radius 2 is 2.20 bits per heavy atom. The van der Waals surface area contributed by atoms with Crippen LogP contribution >= 0.6 is 0 Å². The summed E-state index contributed by atoms with van der Waals surface area (Å²) in [5.74, 6) is 1.41. The van der Waals surface area contributed by atoms with E-state index < -0.39 is 4.92 Å². The van der Waals surface area contributed by atoms with Crippen molar-refractivity contribution in [2.24, 2.45) is 5.92 Å². The van der Waals surface area contributed by atoms with Crippen molar-refractivity contribution in [3.05, 3.63) is 34.6 Å². The molecule has 3 rings (SSSR count). The summed E-state index contributed by atoms with van der Waals surface area (Å²) in [6.07, 6.45) is 4.93. The number of aromatic nitrogens is 2. The third-order valence-electron chi connectivity index (χ3n) is 3.87. The van der Waals surface area contributed by atoms with Crippen molar-refractivity contribution in [2.75, 3.05) is 5.32 Å². The number of rotatable bonds is 3. The summed E-state index contributed by atoms with van der Waals surface area (Å²) in [5, 5.41) is 15.0. The van der Waals surface area contributed by atoms with E-state index in [-0.39, 0.29) is 5.69 Å². The number of nitro groups is 1. The average Bonchev–Trinajstić information content (AvgIpc) is 2.84. The monoisotopic (exact) mass is 272 g/mol. The Labute approximate surface area is 116 Å². The Morgan fingerprint density at radius 1 is 1.35 bits per heavy atom. The van der Waals surface area contributed by atoms with Crippen LogP contribution < -0.4 is 5.32 Å². The molecule has 1 aromatic heterocycles. The minimum Gasteiger partial charge on any atom is -0.367 e. The predicted octanol–water partition coefficient (Wildman–Crippen LogP) is 3.14. The quantitative estimate of drug-likeness (QED) is 0.685. The molecular weight excluding hydrogens is 256 g/mol. The number of benzene rings is 1. The van der Waals surface area contributed by atoms with Gasteiger partial charge < -0.3 is 5.32 Å². The fourth-order valence-electron chi connectivity index (χ4n) is 2.80. The van der Waals surface area contributed by atoms with Gasteiger partial charge in [0.2, 0.25) is 0 Å². The summed E-state index contributed by atoms with van der Waals surface area (Å²) >= 11 is 0. The number of non-ortho nitro benzene ring substituents is 1. The Balaban J connectivity index is 1.97. The van der Waals surface area contributed by atoms with Gasteiger partial charge in [0.25, 0.3) is 5.69 Å². The number of fused-ring (bicyclic) bond motifs is 1. The summed E-state index contributed by atoms with van der Waals surface area (Å²) < 4.78 is 0. The molecule has 0 aliphatic heterocycles. The summed E-state index contributed by atoms with van der Waals surface area (Å²) in [6.45, 7) is 2.24. The van der Waals surface area contributed by atoms with Gasteiger partial charge in [-0.2, -0.15) is 0 Å². The lowest BCUT2D eigenvalue weighted by Crippen LogP contribution is -2.16. The standard InChI is InChI=1S/C14H16N4O2/c1-9-2-3-10(6-9)17-14-12-7-11(18(19)20)4-5-13(12)15-8-16-14/h4-5,7-10H,2-3,6H2,1H3,(H,15,16,17). The van der Waals surface area contributed by atoms with E-state index in [2.05, 4.69) is 22.2 Å². The van der Waals surface area contributed by atoms with Crippen LogP contribution in [-0.2, 0) is 0 Å². The van der Waals surface area contributed by atoms with Crippen LogP contribution in [0.3, 0.4) is 0 Å². The molecule has 1 fully saturated rings. The lowest BCUT2D eigenvalue weighted by molar-refractivity contribution is -0.384. The molecule has 1 aliphatic carbocycles. The molecule has 2 aromatic rings. The van der Waals surface area contributed by atoms with E-state index in [0.29, 0.717) is 17.2 Å². The number of nitrogens with zero attached hydrogens (tertiary/aromatic N) is 3. The maximum Gasteiger partial charge on any atom is 0.270 e. The topological polar surface area (TPSA) is 81.0 Å². The van der Waals surface area contributed by atoms with Crippen LogP contribution in [-0.4, -0.2) is 20.9 Å². The smallest absolute Gasteiger partial charge is 0.270 e. The van der Waals surface area contributed by atoms with Crippen LogP contribution in [0.25, 0.3) is 10.9 Å². The minimum absolute atomic E-state index is 0.0649. The second kappa shape index (κ2) is 5.03. The highest BCUT2D eigenvalue weighted by molar-refractivity contribution is 5.90. The molecule has 20 heavy (non-hydrogen) atoms. The lowest BCUT2D eigenvalue weighted by Gasteiger charge is -2.14. The summed E-state index contributed by atoms with van der Waals surface area (Å²) in [7, 11) is 0. The van der Waals surface area contributed by atoms with E-state index in [1.165, 1.54) is 24.9 Å². The zero-order chi connectivity index (χ0) is 14.1. The first-order valence-electron chi connectivity index (χ1n) is 6.79. The number of nitro benzene ring substituents is 1. The molecule has 1 aromatic carbocycles. The zero-order valence-electron chi connectivity index (χ0n) is 11.2. The molecule has 0 amide bonds. The van der Waals surface area contributed by atoms with Crippen LogP contribution in [0, 0.1) is 16.0 Å². The second-order valence-electron chi connectivity index (χ2n) is 5.44. The Morgan fingerprint density at radius 3 is 2.90 bits per heavy atom. The molecule has 1 heterocycles. The molecule has 6 nitrogen and oxygen atoms in total. The van der Waals surface area contributed by atoms with Gasteiger partial charge in [0.15, 0.2) is 0 Å². The van der Waals surface area contributed by atoms with Crippen LogP contribution in [0.5, 0.6) is 0 Å². The average molecular weight is 272 g/mol. The molecule has 0 spiro atoms. The van der Waals surface area contributed by atoms with Gasteiger partial charge in [0.1, 0.15) is 12.1 Å². The number of nitrogens with one attached hydrogen (secondary N) is 1. The summed E-state index contributed by atoms with van der Waals surface area (Å²) in [6, 6.07) is 5.06. The van der Waals surface area contributed by atoms with Gasteiger partial charge in [-0.25, -0.2) is 9.97 Å². The Hall–Kier alpha value is -2.24. The Kier molecular flexibility index (Phi) is 3.22. The molecule has 0 saturated heterocycles. The molecule has 0 radical (unpaired) electrons. The second-order valence-corrected chi connectivity index (χ2v) is 5.44. The van der Waals surface area contributed by atoms with Gasteiger partial charge in [-0.15, -0.1) is 0 Å². The first-order valence-corrected chi connectivity index (χ1v) is 6.79. The van der Waals surface area contributed by atoms with E-state index in [9.17, 15) is 10.1 Å². The fraction of sp³-hybridized carbons (Fsp3) is 0.429. The highest BCUT2D eigenvalue weighted by Gasteiger charge is 2.22. The van der Waals surface area contributed by atoms with Crippen molar-refractivity contribution < 1.29 is 4.92 Å². The highest BCUT2D eigenvalue weighted by Crippen LogP contribution is 2.30. The summed E-state index contributed by atoms with van der Waals surface area (Å²) in [4.78, 5) is 18.9. The maximum absolute atomic E-state index is 10.9. The molecule has 0 bridgehead atoms. The lowest BCUT2D eigenvalue weighted by atomic mass is 10.1. The largest absolute Gasteiger partial charge is 0.367 e. The fourth-order valence-corrected chi connectivity index (χ4v) is 2.80. The van der Waals surface area contributed by atoms with E-state index in [0.717, 1.165) is 24.3 Å². The number of anilines is 1. The van der Waals surface area contributed by atoms with Crippen molar-refractivity contribution in [1.29, 1.82) is 0 Å². The van der Waals surface area contributed by atoms with Gasteiger partial charge in [0, 0.05) is 23.6 Å². The van der Waals surface area contributed by atoms with Crippen molar-refractivity contribution >= 4 is 22.4 Å². The first-order chi connectivity index (χ1) is 9.63. The third-order valence-corrected chi connectivity index (χ3v) is 3.87. The first kappa shape index (κ1) is 12.8. The van der Waals surface area contributed by atoms with E-state index >= 15 is 0 Å². The van der Waals surface area contributed by atoms with Crippen LogP contribution in [0.2, 0.25) is 0 Å².